The van der Waals surface area contributed by atoms with Gasteiger partial charge in [0.25, 0.3) is 0 Å². The van der Waals surface area contributed by atoms with Crippen LogP contribution in [0.1, 0.15) is 42.9 Å². The van der Waals surface area contributed by atoms with Gasteiger partial charge in [-0.2, -0.15) is 15.8 Å². The number of fused-ring (bicyclic) bond motifs is 5. The maximum absolute atomic E-state index is 10.5. The van der Waals surface area contributed by atoms with E-state index in [4.69, 9.17) is 0 Å². The first kappa shape index (κ1) is 31.4. The molecule has 4 aliphatic rings. The molecule has 3 aliphatic carbocycles. The molecule has 5 heteroatoms. The van der Waals surface area contributed by atoms with Crippen LogP contribution >= 0.6 is 0 Å². The third kappa shape index (κ3) is 4.88. The number of anilines is 1. The molecule has 0 fully saturated rings. The van der Waals surface area contributed by atoms with E-state index in [-0.39, 0.29) is 12.0 Å². The summed E-state index contributed by atoms with van der Waals surface area (Å²) in [6.45, 7) is 2.28. The Balaban J connectivity index is 1.23. The van der Waals surface area contributed by atoms with Gasteiger partial charge in [0.05, 0.1) is 46.4 Å². The van der Waals surface area contributed by atoms with E-state index >= 15 is 0 Å². The fraction of sp³-hybridized carbons (Fsp3) is 0.170. The SMILES string of the molecule is CC1C=CC2=C(C1)N(c1ccc(-c3c(C#N)cccc3C3=C(n4c5ccccc5c5cc(C#N)ccc54)C(CC#N)CC=C3)cc1)C1C=CC=CC21. The Bertz CT molecular complexity index is 2620. The molecule has 2 heterocycles. The normalized spacial score (nSPS) is 21.7. The molecular weight excluding hydrogens is 635 g/mol. The van der Waals surface area contributed by atoms with Crippen molar-refractivity contribution in [2.24, 2.45) is 17.8 Å². The van der Waals surface area contributed by atoms with E-state index in [1.807, 2.05) is 42.5 Å². The van der Waals surface area contributed by atoms with Crippen LogP contribution in [0.5, 0.6) is 0 Å². The Hall–Kier alpha value is -6.61. The Labute approximate surface area is 303 Å². The van der Waals surface area contributed by atoms with Gasteiger partial charge < -0.3 is 9.47 Å². The summed E-state index contributed by atoms with van der Waals surface area (Å²) in [5.41, 5.74) is 12.0. The number of nitrogens with zero attached hydrogens (tertiary/aromatic N) is 5. The van der Waals surface area contributed by atoms with E-state index in [1.165, 1.54) is 11.3 Å². The molecule has 0 saturated carbocycles. The zero-order valence-corrected chi connectivity index (χ0v) is 28.9. The first-order valence-electron chi connectivity index (χ1n) is 18.0. The van der Waals surface area contributed by atoms with Gasteiger partial charge in [-0.15, -0.1) is 0 Å². The number of aromatic nitrogens is 1. The van der Waals surface area contributed by atoms with Gasteiger partial charge in [0.1, 0.15) is 0 Å². The molecule has 5 nitrogen and oxygen atoms in total. The van der Waals surface area contributed by atoms with Crippen LogP contribution in [-0.2, 0) is 0 Å². The Morgan fingerprint density at radius 1 is 0.788 bits per heavy atom. The van der Waals surface area contributed by atoms with E-state index in [0.717, 1.165) is 68.3 Å². The van der Waals surface area contributed by atoms with Gasteiger partial charge in [0.15, 0.2) is 0 Å². The molecule has 0 N–H and O–H groups in total. The molecule has 1 aliphatic heterocycles. The highest BCUT2D eigenvalue weighted by molar-refractivity contribution is 6.12. The molecule has 0 saturated heterocycles. The van der Waals surface area contributed by atoms with Crippen molar-refractivity contribution in [3.8, 4) is 29.3 Å². The predicted octanol–water partition coefficient (Wildman–Crippen LogP) is 10.8. The quantitative estimate of drug-likeness (QED) is 0.187. The second-order valence-electron chi connectivity index (χ2n) is 14.2. The summed E-state index contributed by atoms with van der Waals surface area (Å²) in [7, 11) is 0. The van der Waals surface area contributed by atoms with Crippen LogP contribution in [0.3, 0.4) is 0 Å². The molecule has 1 aromatic heterocycles. The highest BCUT2D eigenvalue weighted by Gasteiger charge is 2.39. The number of rotatable bonds is 5. The minimum atomic E-state index is -0.0734. The van der Waals surface area contributed by atoms with Crippen molar-refractivity contribution < 1.29 is 0 Å². The Morgan fingerprint density at radius 3 is 2.44 bits per heavy atom. The van der Waals surface area contributed by atoms with Gasteiger partial charge in [-0.25, -0.2) is 0 Å². The Morgan fingerprint density at radius 2 is 1.62 bits per heavy atom. The van der Waals surface area contributed by atoms with Crippen LogP contribution in [0.4, 0.5) is 5.69 Å². The molecule has 0 spiro atoms. The molecule has 52 heavy (non-hydrogen) atoms. The van der Waals surface area contributed by atoms with Gasteiger partial charge in [0, 0.05) is 57.2 Å². The van der Waals surface area contributed by atoms with Crippen molar-refractivity contribution in [1.29, 1.82) is 15.8 Å². The first-order chi connectivity index (χ1) is 25.6. The minimum Gasteiger partial charge on any atom is -0.337 e. The van der Waals surface area contributed by atoms with Crippen molar-refractivity contribution in [3.63, 3.8) is 0 Å². The monoisotopic (exact) mass is 669 g/mol. The number of hydrogen-bond donors (Lipinski definition) is 0. The summed E-state index contributed by atoms with van der Waals surface area (Å²) < 4.78 is 2.29. The second kappa shape index (κ2) is 12.6. The fourth-order valence-corrected chi connectivity index (χ4v) is 8.89. The van der Waals surface area contributed by atoms with E-state index < -0.39 is 0 Å². The third-order valence-electron chi connectivity index (χ3n) is 11.2. The smallest absolute Gasteiger partial charge is 0.0998 e. The molecule has 5 aromatic rings. The van der Waals surface area contributed by atoms with Crippen molar-refractivity contribution in [3.05, 3.63) is 161 Å². The average molecular weight is 670 g/mol. The molecule has 9 rings (SSSR count). The zero-order valence-electron chi connectivity index (χ0n) is 28.9. The summed E-state index contributed by atoms with van der Waals surface area (Å²) >= 11 is 0. The second-order valence-corrected chi connectivity index (χ2v) is 14.2. The maximum atomic E-state index is 10.5. The van der Waals surface area contributed by atoms with Crippen LogP contribution in [0.25, 0.3) is 44.2 Å². The first-order valence-corrected chi connectivity index (χ1v) is 18.0. The van der Waals surface area contributed by atoms with Crippen LogP contribution < -0.4 is 4.90 Å². The zero-order chi connectivity index (χ0) is 35.3. The van der Waals surface area contributed by atoms with Crippen molar-refractivity contribution >= 4 is 38.8 Å². The lowest BCUT2D eigenvalue weighted by Crippen LogP contribution is -2.33. The lowest BCUT2D eigenvalue weighted by atomic mass is 9.83. The lowest BCUT2D eigenvalue weighted by molar-refractivity contribution is 0.664. The third-order valence-corrected chi connectivity index (χ3v) is 11.2. The van der Waals surface area contributed by atoms with Crippen LogP contribution in [0, 0.1) is 51.7 Å². The number of allylic oxidation sites excluding steroid dienone is 9. The van der Waals surface area contributed by atoms with Gasteiger partial charge in [-0.1, -0.05) is 98.0 Å². The highest BCUT2D eigenvalue weighted by Crippen LogP contribution is 2.48. The number of nitriles is 3. The van der Waals surface area contributed by atoms with E-state index in [2.05, 4.69) is 126 Å². The highest BCUT2D eigenvalue weighted by atomic mass is 15.2. The Kier molecular flexibility index (Phi) is 7.61. The molecule has 4 atom stereocenters. The molecular formula is C47H35N5. The molecule has 0 amide bonds. The van der Waals surface area contributed by atoms with Crippen molar-refractivity contribution in [2.45, 2.75) is 32.2 Å². The average Bonchev–Trinajstić information content (AvgIpc) is 3.69. The van der Waals surface area contributed by atoms with Crippen molar-refractivity contribution in [1.82, 2.24) is 4.57 Å². The van der Waals surface area contributed by atoms with E-state index in [1.54, 1.807) is 0 Å². The molecule has 248 valence electrons. The van der Waals surface area contributed by atoms with E-state index in [0.29, 0.717) is 29.4 Å². The molecule has 4 aromatic carbocycles. The van der Waals surface area contributed by atoms with Gasteiger partial charge in [-0.3, -0.25) is 0 Å². The van der Waals surface area contributed by atoms with Crippen LogP contribution in [-0.4, -0.2) is 10.6 Å². The molecule has 4 unspecified atom stereocenters. The number of benzene rings is 4. The minimum absolute atomic E-state index is 0.0734. The topological polar surface area (TPSA) is 79.5 Å². The number of hydrogen-bond acceptors (Lipinski definition) is 4. The van der Waals surface area contributed by atoms with Gasteiger partial charge in [-0.05, 0) is 77.9 Å². The fourth-order valence-electron chi connectivity index (χ4n) is 8.89. The summed E-state index contributed by atoms with van der Waals surface area (Å²) in [5, 5.41) is 32.4. The summed E-state index contributed by atoms with van der Waals surface area (Å²) in [4.78, 5) is 2.51. The van der Waals surface area contributed by atoms with Crippen molar-refractivity contribution in [2.75, 3.05) is 4.90 Å². The summed E-state index contributed by atoms with van der Waals surface area (Å²) in [5.74, 6) is 0.750. The van der Waals surface area contributed by atoms with E-state index in [9.17, 15) is 15.8 Å². The summed E-state index contributed by atoms with van der Waals surface area (Å²) in [6, 6.07) is 36.3. The van der Waals surface area contributed by atoms with Crippen LogP contribution in [0.2, 0.25) is 0 Å². The molecule has 0 radical (unpaired) electrons. The van der Waals surface area contributed by atoms with Crippen LogP contribution in [0.15, 0.2) is 145 Å². The summed E-state index contributed by atoms with van der Waals surface area (Å²) in [6.07, 6.45) is 20.0. The van der Waals surface area contributed by atoms with Gasteiger partial charge >= 0.3 is 0 Å². The number of para-hydroxylation sites is 1. The lowest BCUT2D eigenvalue weighted by Gasteiger charge is -2.32. The molecule has 0 bridgehead atoms. The maximum Gasteiger partial charge on any atom is 0.0998 e. The standard InChI is InChI=1S/C47H35N5/c1-30-16-22-38-36-10-2-4-14-42(36)51(45(38)26-30)35-20-18-32(19-21-35)46-34(29-50)9-7-12-39(46)40-13-6-8-33(24-25-48)47(40)52-43-15-5-3-11-37(43)41-27-31(28-49)17-23-44(41)52/h2-7,9-23,27,30,33,36,42H,8,24,26H2,1H3. The predicted molar refractivity (Wildman–Crippen MR) is 209 cm³/mol. The van der Waals surface area contributed by atoms with Gasteiger partial charge in [0.2, 0.25) is 0 Å². The largest absolute Gasteiger partial charge is 0.337 e.